The monoisotopic (exact) mass is 267 g/mol. The molecule has 0 atom stereocenters. The van der Waals surface area contributed by atoms with E-state index in [0.29, 0.717) is 13.2 Å². The maximum atomic E-state index is 11.8. The van der Waals surface area contributed by atoms with Crippen molar-refractivity contribution in [1.82, 2.24) is 5.32 Å². The van der Waals surface area contributed by atoms with Gasteiger partial charge >= 0.3 is 0 Å². The van der Waals surface area contributed by atoms with Gasteiger partial charge in [0.15, 0.2) is 0 Å². The molecule has 0 bridgehead atoms. The number of hydrogen-bond acceptors (Lipinski definition) is 2. The summed E-state index contributed by atoms with van der Waals surface area (Å²) in [7, 11) is 0. The maximum Gasteiger partial charge on any atom is 0.251 e. The molecule has 0 aliphatic carbocycles. The Bertz CT molecular complexity index is 635. The zero-order valence-corrected chi connectivity index (χ0v) is 11.5. The molecule has 102 valence electrons. The molecular formula is C17H17NO2. The van der Waals surface area contributed by atoms with Gasteiger partial charge in [0, 0.05) is 12.1 Å². The van der Waals surface area contributed by atoms with Crippen LogP contribution in [0, 0.1) is 6.92 Å². The summed E-state index contributed by atoms with van der Waals surface area (Å²) in [6, 6.07) is 14.0. The lowest BCUT2D eigenvalue weighted by atomic mass is 9.97. The van der Waals surface area contributed by atoms with E-state index in [0.717, 1.165) is 34.4 Å². The van der Waals surface area contributed by atoms with Crippen molar-refractivity contribution in [3.05, 3.63) is 64.7 Å². The number of benzene rings is 2. The highest BCUT2D eigenvalue weighted by molar-refractivity contribution is 5.97. The van der Waals surface area contributed by atoms with Crippen molar-refractivity contribution in [2.75, 3.05) is 6.54 Å². The Morgan fingerprint density at radius 3 is 2.80 bits per heavy atom. The second kappa shape index (κ2) is 5.37. The van der Waals surface area contributed by atoms with Crippen LogP contribution < -0.4 is 10.1 Å². The Labute approximate surface area is 118 Å². The van der Waals surface area contributed by atoms with Gasteiger partial charge in [0.1, 0.15) is 12.4 Å². The third-order valence-corrected chi connectivity index (χ3v) is 3.56. The largest absolute Gasteiger partial charge is 0.489 e. The molecule has 0 saturated carbocycles. The van der Waals surface area contributed by atoms with Gasteiger partial charge < -0.3 is 10.1 Å². The van der Waals surface area contributed by atoms with E-state index < -0.39 is 0 Å². The number of amides is 1. The first-order valence-corrected chi connectivity index (χ1v) is 6.82. The molecule has 3 heteroatoms. The van der Waals surface area contributed by atoms with E-state index >= 15 is 0 Å². The van der Waals surface area contributed by atoms with Gasteiger partial charge in [-0.15, -0.1) is 0 Å². The third kappa shape index (κ3) is 2.52. The molecule has 3 nitrogen and oxygen atoms in total. The summed E-state index contributed by atoms with van der Waals surface area (Å²) in [5.41, 5.74) is 3.99. The molecule has 0 saturated heterocycles. The van der Waals surface area contributed by atoms with Gasteiger partial charge in [-0.3, -0.25) is 4.79 Å². The Morgan fingerprint density at radius 1 is 1.20 bits per heavy atom. The number of carbonyl (C=O) groups excluding carboxylic acids is 1. The number of aryl methyl sites for hydroxylation is 1. The van der Waals surface area contributed by atoms with Crippen LogP contribution in [0.15, 0.2) is 42.5 Å². The molecular weight excluding hydrogens is 250 g/mol. The minimum Gasteiger partial charge on any atom is -0.489 e. The predicted molar refractivity (Wildman–Crippen MR) is 78.0 cm³/mol. The summed E-state index contributed by atoms with van der Waals surface area (Å²) in [5, 5.41) is 2.86. The summed E-state index contributed by atoms with van der Waals surface area (Å²) < 4.78 is 5.89. The minimum atomic E-state index is 0.0176. The average Bonchev–Trinajstić information content (AvgIpc) is 2.47. The molecule has 0 aromatic heterocycles. The van der Waals surface area contributed by atoms with Crippen molar-refractivity contribution in [3.63, 3.8) is 0 Å². The number of nitrogens with one attached hydrogen (secondary N) is 1. The van der Waals surface area contributed by atoms with E-state index in [9.17, 15) is 4.79 Å². The van der Waals surface area contributed by atoms with Gasteiger partial charge in [-0.1, -0.05) is 30.3 Å². The van der Waals surface area contributed by atoms with Crippen molar-refractivity contribution in [2.24, 2.45) is 0 Å². The summed E-state index contributed by atoms with van der Waals surface area (Å²) in [4.78, 5) is 11.8. The first-order valence-electron chi connectivity index (χ1n) is 6.82. The summed E-state index contributed by atoms with van der Waals surface area (Å²) in [6.07, 6.45) is 0.864. The van der Waals surface area contributed by atoms with E-state index in [4.69, 9.17) is 4.74 Å². The number of carbonyl (C=O) groups is 1. The van der Waals surface area contributed by atoms with Crippen molar-refractivity contribution in [1.29, 1.82) is 0 Å². The molecule has 1 aliphatic heterocycles. The number of hydrogen-bond donors (Lipinski definition) is 1. The van der Waals surface area contributed by atoms with Crippen LogP contribution in [0.1, 0.15) is 27.0 Å². The molecule has 2 aromatic rings. The zero-order chi connectivity index (χ0) is 13.9. The van der Waals surface area contributed by atoms with Crippen molar-refractivity contribution in [3.8, 4) is 5.75 Å². The van der Waals surface area contributed by atoms with E-state index in [1.165, 1.54) is 0 Å². The molecule has 1 amide bonds. The molecule has 20 heavy (non-hydrogen) atoms. The summed E-state index contributed by atoms with van der Waals surface area (Å²) in [6.45, 7) is 3.22. The number of rotatable bonds is 3. The van der Waals surface area contributed by atoms with Gasteiger partial charge in [-0.2, -0.15) is 0 Å². The van der Waals surface area contributed by atoms with Crippen LogP contribution in [0.25, 0.3) is 0 Å². The van der Waals surface area contributed by atoms with Gasteiger partial charge in [0.2, 0.25) is 0 Å². The SMILES string of the molecule is Cc1cc2c(cc1OCc1ccccc1)CCNC2=O. The molecule has 2 aromatic carbocycles. The highest BCUT2D eigenvalue weighted by atomic mass is 16.5. The first kappa shape index (κ1) is 12.7. The molecule has 0 radical (unpaired) electrons. The van der Waals surface area contributed by atoms with Crippen molar-refractivity contribution < 1.29 is 9.53 Å². The van der Waals surface area contributed by atoms with Gasteiger partial charge in [0.25, 0.3) is 5.91 Å². The van der Waals surface area contributed by atoms with Crippen LogP contribution in [0.3, 0.4) is 0 Å². The smallest absolute Gasteiger partial charge is 0.251 e. The Morgan fingerprint density at radius 2 is 2.00 bits per heavy atom. The molecule has 0 fully saturated rings. The van der Waals surface area contributed by atoms with Gasteiger partial charge in [-0.05, 0) is 42.2 Å². The molecule has 1 heterocycles. The quantitative estimate of drug-likeness (QED) is 0.928. The fourth-order valence-corrected chi connectivity index (χ4v) is 2.45. The lowest BCUT2D eigenvalue weighted by Crippen LogP contribution is -2.31. The van der Waals surface area contributed by atoms with E-state index in [1.807, 2.05) is 49.4 Å². The topological polar surface area (TPSA) is 38.3 Å². The number of ether oxygens (including phenoxy) is 1. The van der Waals surface area contributed by atoms with Gasteiger partial charge in [0.05, 0.1) is 0 Å². The Hall–Kier alpha value is -2.29. The van der Waals surface area contributed by atoms with Crippen LogP contribution in [0.2, 0.25) is 0 Å². The zero-order valence-electron chi connectivity index (χ0n) is 11.5. The average molecular weight is 267 g/mol. The first-order chi connectivity index (χ1) is 9.74. The minimum absolute atomic E-state index is 0.0176. The molecule has 1 aliphatic rings. The molecule has 0 spiro atoms. The summed E-state index contributed by atoms with van der Waals surface area (Å²) >= 11 is 0. The lowest BCUT2D eigenvalue weighted by Gasteiger charge is -2.19. The van der Waals surface area contributed by atoms with E-state index in [-0.39, 0.29) is 5.91 Å². The maximum absolute atomic E-state index is 11.8. The number of fused-ring (bicyclic) bond motifs is 1. The van der Waals surface area contributed by atoms with Crippen LogP contribution >= 0.6 is 0 Å². The second-order valence-corrected chi connectivity index (χ2v) is 5.06. The molecule has 1 N–H and O–H groups in total. The van der Waals surface area contributed by atoms with E-state index in [2.05, 4.69) is 5.32 Å². The Kier molecular flexibility index (Phi) is 3.42. The fourth-order valence-electron chi connectivity index (χ4n) is 2.45. The van der Waals surface area contributed by atoms with Gasteiger partial charge in [-0.25, -0.2) is 0 Å². The molecule has 3 rings (SSSR count). The second-order valence-electron chi connectivity index (χ2n) is 5.06. The highest BCUT2D eigenvalue weighted by Gasteiger charge is 2.18. The van der Waals surface area contributed by atoms with Crippen molar-refractivity contribution in [2.45, 2.75) is 20.0 Å². The third-order valence-electron chi connectivity index (χ3n) is 3.56. The van der Waals surface area contributed by atoms with E-state index in [1.54, 1.807) is 0 Å². The van der Waals surface area contributed by atoms with Crippen LogP contribution in [0.4, 0.5) is 0 Å². The predicted octanol–water partition coefficient (Wildman–Crippen LogP) is 2.86. The fraction of sp³-hybridized carbons (Fsp3) is 0.235. The van der Waals surface area contributed by atoms with Crippen LogP contribution in [-0.4, -0.2) is 12.5 Å². The standard InChI is InChI=1S/C17H17NO2/c1-12-9-15-14(7-8-18-17(15)19)10-16(12)20-11-13-5-3-2-4-6-13/h2-6,9-10H,7-8,11H2,1H3,(H,18,19). The summed E-state index contributed by atoms with van der Waals surface area (Å²) in [5.74, 6) is 0.881. The normalized spacial score (nSPS) is 13.6. The molecule has 0 unspecified atom stereocenters. The van der Waals surface area contributed by atoms with Crippen LogP contribution in [-0.2, 0) is 13.0 Å². The Balaban J connectivity index is 1.82. The van der Waals surface area contributed by atoms with Crippen LogP contribution in [0.5, 0.6) is 5.75 Å². The highest BCUT2D eigenvalue weighted by Crippen LogP contribution is 2.26. The van der Waals surface area contributed by atoms with Crippen molar-refractivity contribution >= 4 is 5.91 Å². The lowest BCUT2D eigenvalue weighted by molar-refractivity contribution is 0.0946.